The van der Waals surface area contributed by atoms with Crippen LogP contribution in [0.3, 0.4) is 0 Å². The summed E-state index contributed by atoms with van der Waals surface area (Å²) in [5.74, 6) is -0.839. The molecule has 0 bridgehead atoms. The van der Waals surface area contributed by atoms with Crippen molar-refractivity contribution in [1.82, 2.24) is 4.90 Å². The van der Waals surface area contributed by atoms with E-state index in [4.69, 9.17) is 25.8 Å². The van der Waals surface area contributed by atoms with Crippen molar-refractivity contribution in [2.45, 2.75) is 13.3 Å². The number of carbonyl (C=O) groups excluding carboxylic acids is 4. The topological polar surface area (TPSA) is 111 Å². The number of halogens is 1. The molecule has 37 heavy (non-hydrogen) atoms. The third kappa shape index (κ3) is 6.52. The van der Waals surface area contributed by atoms with Crippen molar-refractivity contribution in [3.05, 3.63) is 69.6 Å². The van der Waals surface area contributed by atoms with Crippen LogP contribution in [0.25, 0.3) is 6.08 Å². The second kappa shape index (κ2) is 12.5. The molecule has 0 spiro atoms. The molecule has 3 amide bonds. The monoisotopic (exact) mass is 544 g/mol. The Bertz CT molecular complexity index is 1290. The van der Waals surface area contributed by atoms with Crippen molar-refractivity contribution in [3.8, 4) is 11.5 Å². The van der Waals surface area contributed by atoms with E-state index in [-0.39, 0.29) is 27.8 Å². The molecular weight excluding hydrogens is 520 g/mol. The highest BCUT2D eigenvalue weighted by molar-refractivity contribution is 8.18. The van der Waals surface area contributed by atoms with E-state index in [2.05, 4.69) is 11.9 Å². The Morgan fingerprint density at radius 3 is 2.57 bits per heavy atom. The van der Waals surface area contributed by atoms with Crippen LogP contribution in [0.5, 0.6) is 11.5 Å². The number of amides is 3. The van der Waals surface area contributed by atoms with Crippen molar-refractivity contribution in [2.75, 3.05) is 32.7 Å². The number of nitrogens with one attached hydrogen (secondary N) is 1. The number of methoxy groups -OCH3 is 2. The van der Waals surface area contributed by atoms with Gasteiger partial charge in [0.05, 0.1) is 36.3 Å². The first-order valence-corrected chi connectivity index (χ1v) is 12.3. The average molecular weight is 545 g/mol. The standard InChI is InChI=1S/C26H25ClN2O7S/c1-5-7-16-10-15(11-20(34-3)23(16)35-4)12-21-24(31)29(26(33)37-21)14-22(30)28-17-8-9-19(27)18(13-17)25(32)36-6-2/h5,8-13H,1,6-7,14H2,2-4H3,(H,28,30)/b21-12-. The Labute approximate surface area is 223 Å². The minimum atomic E-state index is -0.633. The maximum atomic E-state index is 12.9. The van der Waals surface area contributed by atoms with E-state index in [0.717, 1.165) is 22.2 Å². The quantitative estimate of drug-likeness (QED) is 0.254. The summed E-state index contributed by atoms with van der Waals surface area (Å²) < 4.78 is 15.8. The summed E-state index contributed by atoms with van der Waals surface area (Å²) in [6.07, 6.45) is 3.78. The summed E-state index contributed by atoms with van der Waals surface area (Å²) >= 11 is 6.77. The van der Waals surface area contributed by atoms with Crippen molar-refractivity contribution in [1.29, 1.82) is 0 Å². The largest absolute Gasteiger partial charge is 0.493 e. The molecule has 0 aliphatic carbocycles. The van der Waals surface area contributed by atoms with Crippen molar-refractivity contribution in [3.63, 3.8) is 0 Å². The Balaban J connectivity index is 1.77. The van der Waals surface area contributed by atoms with Gasteiger partial charge in [-0.25, -0.2) is 4.79 Å². The van der Waals surface area contributed by atoms with Crippen LogP contribution >= 0.6 is 23.4 Å². The third-order valence-electron chi connectivity index (χ3n) is 5.16. The molecule has 2 aromatic rings. The lowest BCUT2D eigenvalue weighted by Crippen LogP contribution is -2.36. The summed E-state index contributed by atoms with van der Waals surface area (Å²) in [5, 5.41) is 2.15. The van der Waals surface area contributed by atoms with Crippen LogP contribution in [-0.4, -0.2) is 55.3 Å². The van der Waals surface area contributed by atoms with Crippen LogP contribution in [0.2, 0.25) is 5.02 Å². The summed E-state index contributed by atoms with van der Waals surface area (Å²) in [5.41, 5.74) is 1.77. The van der Waals surface area contributed by atoms with Crippen LogP contribution in [0.4, 0.5) is 10.5 Å². The van der Waals surface area contributed by atoms with Gasteiger partial charge in [-0.05, 0) is 67.1 Å². The first kappa shape index (κ1) is 27.8. The Morgan fingerprint density at radius 2 is 1.92 bits per heavy atom. The van der Waals surface area contributed by atoms with Gasteiger partial charge in [0.15, 0.2) is 11.5 Å². The van der Waals surface area contributed by atoms with Crippen molar-refractivity contribution >= 4 is 58.1 Å². The average Bonchev–Trinajstić information content (AvgIpc) is 3.12. The van der Waals surface area contributed by atoms with Crippen LogP contribution < -0.4 is 14.8 Å². The lowest BCUT2D eigenvalue weighted by molar-refractivity contribution is -0.127. The molecule has 0 radical (unpaired) electrons. The number of rotatable bonds is 10. The highest BCUT2D eigenvalue weighted by atomic mass is 35.5. The van der Waals surface area contributed by atoms with Crippen LogP contribution in [0, 0.1) is 0 Å². The molecule has 2 aromatic carbocycles. The molecule has 1 saturated heterocycles. The van der Waals surface area contributed by atoms with Gasteiger partial charge in [0, 0.05) is 11.3 Å². The summed E-state index contributed by atoms with van der Waals surface area (Å²) in [6.45, 7) is 5.06. The molecule has 1 heterocycles. The van der Waals surface area contributed by atoms with E-state index in [9.17, 15) is 19.2 Å². The SMILES string of the molecule is C=CCc1cc(/C=C2\SC(=O)N(CC(=O)Nc3ccc(Cl)c(C(=O)OCC)c3)C2=O)cc(OC)c1OC. The van der Waals surface area contributed by atoms with Gasteiger partial charge in [-0.1, -0.05) is 17.7 Å². The lowest BCUT2D eigenvalue weighted by Gasteiger charge is -2.14. The number of anilines is 1. The van der Waals surface area contributed by atoms with Gasteiger partial charge >= 0.3 is 5.97 Å². The molecule has 0 saturated carbocycles. The van der Waals surface area contributed by atoms with Crippen LogP contribution in [0.1, 0.15) is 28.4 Å². The zero-order valence-corrected chi connectivity index (χ0v) is 22.0. The maximum absolute atomic E-state index is 12.9. The Hall–Kier alpha value is -3.76. The number of ether oxygens (including phenoxy) is 3. The van der Waals surface area contributed by atoms with Gasteiger partial charge in [-0.15, -0.1) is 6.58 Å². The molecule has 0 aromatic heterocycles. The van der Waals surface area contributed by atoms with Gasteiger partial charge in [0.1, 0.15) is 6.54 Å². The molecule has 1 N–H and O–H groups in total. The minimum absolute atomic E-state index is 0.0844. The summed E-state index contributed by atoms with van der Waals surface area (Å²) in [7, 11) is 3.03. The Morgan fingerprint density at radius 1 is 1.16 bits per heavy atom. The molecule has 0 unspecified atom stereocenters. The van der Waals surface area contributed by atoms with Crippen molar-refractivity contribution in [2.24, 2.45) is 0 Å². The maximum Gasteiger partial charge on any atom is 0.339 e. The molecule has 194 valence electrons. The molecular formula is C26H25ClN2O7S. The number of benzene rings is 2. The molecule has 3 rings (SSSR count). The number of carbonyl (C=O) groups is 4. The van der Waals surface area contributed by atoms with Crippen LogP contribution in [-0.2, 0) is 20.7 Å². The van der Waals surface area contributed by atoms with E-state index in [1.807, 2.05) is 6.07 Å². The number of hydrogen-bond donors (Lipinski definition) is 1. The predicted octanol–water partition coefficient (Wildman–Crippen LogP) is 4.94. The van der Waals surface area contributed by atoms with Gasteiger partial charge in [-0.2, -0.15) is 0 Å². The second-order valence-corrected chi connectivity index (χ2v) is 9.04. The van der Waals surface area contributed by atoms with Crippen LogP contribution in [0.15, 0.2) is 47.9 Å². The third-order valence-corrected chi connectivity index (χ3v) is 6.40. The molecule has 0 atom stereocenters. The zero-order chi connectivity index (χ0) is 27.1. The normalized spacial score (nSPS) is 14.1. The van der Waals surface area contributed by atoms with E-state index in [1.54, 1.807) is 25.1 Å². The molecule has 1 fully saturated rings. The van der Waals surface area contributed by atoms with E-state index < -0.39 is 29.6 Å². The minimum Gasteiger partial charge on any atom is -0.493 e. The van der Waals surface area contributed by atoms with Crippen molar-refractivity contribution < 1.29 is 33.4 Å². The molecule has 9 nitrogen and oxygen atoms in total. The summed E-state index contributed by atoms with van der Waals surface area (Å²) in [4.78, 5) is 51.1. The number of thioether (sulfide) groups is 1. The van der Waals surface area contributed by atoms with Gasteiger partial charge < -0.3 is 19.5 Å². The van der Waals surface area contributed by atoms with E-state index in [0.29, 0.717) is 23.5 Å². The number of allylic oxidation sites excluding steroid dienone is 1. The van der Waals surface area contributed by atoms with E-state index >= 15 is 0 Å². The second-order valence-electron chi connectivity index (χ2n) is 7.64. The Kier molecular flexibility index (Phi) is 9.37. The first-order chi connectivity index (χ1) is 17.7. The van der Waals surface area contributed by atoms with Gasteiger partial charge in [-0.3, -0.25) is 19.3 Å². The number of esters is 1. The number of nitrogens with zero attached hydrogens (tertiary/aromatic N) is 1. The van der Waals surface area contributed by atoms with E-state index in [1.165, 1.54) is 32.4 Å². The fourth-order valence-electron chi connectivity index (χ4n) is 3.56. The zero-order valence-electron chi connectivity index (χ0n) is 20.5. The molecule has 1 aliphatic heterocycles. The fraction of sp³-hybridized carbons (Fsp3) is 0.231. The lowest BCUT2D eigenvalue weighted by atomic mass is 10.0. The van der Waals surface area contributed by atoms with Gasteiger partial charge in [0.25, 0.3) is 11.1 Å². The van der Waals surface area contributed by atoms with Gasteiger partial charge in [0.2, 0.25) is 5.91 Å². The predicted molar refractivity (Wildman–Crippen MR) is 142 cm³/mol. The first-order valence-electron chi connectivity index (χ1n) is 11.1. The molecule has 1 aliphatic rings. The highest BCUT2D eigenvalue weighted by Gasteiger charge is 2.36. The number of imide groups is 1. The molecule has 11 heteroatoms. The highest BCUT2D eigenvalue weighted by Crippen LogP contribution is 2.37. The fourth-order valence-corrected chi connectivity index (χ4v) is 4.59. The smallest absolute Gasteiger partial charge is 0.339 e. The number of hydrogen-bond acceptors (Lipinski definition) is 8. The summed E-state index contributed by atoms with van der Waals surface area (Å²) in [6, 6.07) is 7.80.